The molecule has 0 aliphatic rings. The minimum Gasteiger partial charge on any atom is -0.490 e. The number of hydrogen-bond donors (Lipinski definition) is 0. The standard InChI is InChI=1S/C28H33F5N2OSi/c1-4-5-6-7-15-36-24-13-12-23(25(29)26(24)30)22-17-34-27(35-18-22)21-10-8-20(9-11-21)19-37(2,3)16-14-28(31,32)33/h8-13,17-18H,4-7,14-16,19H2,1-3H3. The molecule has 0 radical (unpaired) electrons. The van der Waals surface area contributed by atoms with Crippen LogP contribution in [0, 0.1) is 11.6 Å². The van der Waals surface area contributed by atoms with Crippen molar-refractivity contribution >= 4 is 8.07 Å². The fraction of sp³-hybridized carbons (Fsp3) is 0.429. The first-order valence-electron chi connectivity index (χ1n) is 12.6. The maximum atomic E-state index is 14.7. The van der Waals surface area contributed by atoms with Crippen LogP contribution in [0.15, 0.2) is 48.8 Å². The molecule has 0 saturated carbocycles. The minimum absolute atomic E-state index is 0.0452. The van der Waals surface area contributed by atoms with Gasteiger partial charge in [0, 0.05) is 35.5 Å². The van der Waals surface area contributed by atoms with Gasteiger partial charge in [0.1, 0.15) is 0 Å². The predicted molar refractivity (Wildman–Crippen MR) is 139 cm³/mol. The van der Waals surface area contributed by atoms with Gasteiger partial charge in [-0.05, 0) is 30.6 Å². The van der Waals surface area contributed by atoms with Crippen LogP contribution in [0.25, 0.3) is 22.5 Å². The van der Waals surface area contributed by atoms with Gasteiger partial charge < -0.3 is 4.74 Å². The van der Waals surface area contributed by atoms with Crippen LogP contribution in [0.3, 0.4) is 0 Å². The van der Waals surface area contributed by atoms with Crippen molar-refractivity contribution in [2.45, 2.75) is 70.4 Å². The molecule has 1 heterocycles. The van der Waals surface area contributed by atoms with E-state index >= 15 is 0 Å². The fourth-order valence-corrected chi connectivity index (χ4v) is 6.56. The highest BCUT2D eigenvalue weighted by Crippen LogP contribution is 2.31. The molecule has 0 N–H and O–H groups in total. The van der Waals surface area contributed by atoms with E-state index in [0.717, 1.165) is 36.8 Å². The Morgan fingerprint density at radius 1 is 0.838 bits per heavy atom. The molecular formula is C28H33F5N2OSi. The van der Waals surface area contributed by atoms with Crippen molar-refractivity contribution in [3.8, 4) is 28.3 Å². The van der Waals surface area contributed by atoms with Gasteiger partial charge in [-0.1, -0.05) is 69.1 Å². The van der Waals surface area contributed by atoms with Gasteiger partial charge in [0.2, 0.25) is 5.82 Å². The number of halogens is 5. The molecule has 0 bridgehead atoms. The Bertz CT molecular complexity index is 1150. The molecule has 0 amide bonds. The Kier molecular flexibility index (Phi) is 9.81. The SMILES string of the molecule is CCCCCCOc1ccc(-c2cnc(-c3ccc(C[Si](C)(C)CCC(F)(F)F)cc3)nc2)c(F)c1F. The fourth-order valence-electron chi connectivity index (χ4n) is 4.09. The summed E-state index contributed by atoms with van der Waals surface area (Å²) in [6, 6.07) is 11.1. The Labute approximate surface area is 216 Å². The Balaban J connectivity index is 1.65. The minimum atomic E-state index is -4.13. The number of rotatable bonds is 12. The van der Waals surface area contributed by atoms with Gasteiger partial charge in [0.15, 0.2) is 17.4 Å². The van der Waals surface area contributed by atoms with E-state index in [1.165, 1.54) is 24.5 Å². The number of alkyl halides is 3. The molecule has 0 fully saturated rings. The second-order valence-electron chi connectivity index (χ2n) is 10.1. The molecule has 0 spiro atoms. The highest BCUT2D eigenvalue weighted by molar-refractivity contribution is 6.76. The lowest BCUT2D eigenvalue weighted by molar-refractivity contribution is -0.130. The summed E-state index contributed by atoms with van der Waals surface area (Å²) in [5, 5.41) is 0. The Morgan fingerprint density at radius 3 is 2.14 bits per heavy atom. The molecule has 0 saturated heterocycles. The molecule has 0 aliphatic heterocycles. The van der Waals surface area contributed by atoms with Crippen LogP contribution in [-0.4, -0.2) is 30.8 Å². The van der Waals surface area contributed by atoms with Crippen LogP contribution >= 0.6 is 0 Å². The van der Waals surface area contributed by atoms with Crippen molar-refractivity contribution in [3.05, 3.63) is 66.0 Å². The molecule has 9 heteroatoms. The average Bonchev–Trinajstić information content (AvgIpc) is 2.85. The van der Waals surface area contributed by atoms with Crippen molar-refractivity contribution in [2.75, 3.05) is 6.61 Å². The summed E-state index contributed by atoms with van der Waals surface area (Å²) >= 11 is 0. The summed E-state index contributed by atoms with van der Waals surface area (Å²) in [5.41, 5.74) is 2.08. The molecule has 3 rings (SSSR count). The molecule has 3 aromatic rings. The number of ether oxygens (including phenoxy) is 1. The molecule has 0 aliphatic carbocycles. The van der Waals surface area contributed by atoms with E-state index in [0.29, 0.717) is 24.0 Å². The number of benzene rings is 2. The van der Waals surface area contributed by atoms with Crippen LogP contribution in [0.4, 0.5) is 22.0 Å². The van der Waals surface area contributed by atoms with Gasteiger partial charge in [-0.25, -0.2) is 14.4 Å². The summed E-state index contributed by atoms with van der Waals surface area (Å²) in [6.45, 7) is 6.35. The van der Waals surface area contributed by atoms with Crippen LogP contribution in [0.2, 0.25) is 19.1 Å². The zero-order valence-electron chi connectivity index (χ0n) is 21.5. The first-order chi connectivity index (χ1) is 17.5. The maximum Gasteiger partial charge on any atom is 0.388 e. The van der Waals surface area contributed by atoms with Crippen LogP contribution in [-0.2, 0) is 6.04 Å². The third kappa shape index (κ3) is 8.62. The van der Waals surface area contributed by atoms with Gasteiger partial charge in [-0.2, -0.15) is 17.6 Å². The summed E-state index contributed by atoms with van der Waals surface area (Å²) in [7, 11) is -2.05. The van der Waals surface area contributed by atoms with E-state index in [1.807, 2.05) is 37.4 Å². The smallest absolute Gasteiger partial charge is 0.388 e. The van der Waals surface area contributed by atoms with Crippen molar-refractivity contribution in [2.24, 2.45) is 0 Å². The summed E-state index contributed by atoms with van der Waals surface area (Å²) in [4.78, 5) is 8.62. The molecular weight excluding hydrogens is 503 g/mol. The summed E-state index contributed by atoms with van der Waals surface area (Å²) in [5.74, 6) is -1.74. The van der Waals surface area contributed by atoms with E-state index in [-0.39, 0.29) is 17.4 Å². The van der Waals surface area contributed by atoms with Crippen LogP contribution < -0.4 is 4.74 Å². The van der Waals surface area contributed by atoms with Crippen LogP contribution in [0.5, 0.6) is 5.75 Å². The maximum absolute atomic E-state index is 14.7. The third-order valence-corrected chi connectivity index (χ3v) is 9.21. The molecule has 200 valence electrons. The first-order valence-corrected chi connectivity index (χ1v) is 16.0. The molecule has 1 aromatic heterocycles. The Hall–Kier alpha value is -2.81. The molecule has 0 atom stereocenters. The topological polar surface area (TPSA) is 35.0 Å². The van der Waals surface area contributed by atoms with Gasteiger partial charge in [-0.3, -0.25) is 0 Å². The number of unbranched alkanes of at least 4 members (excludes halogenated alkanes) is 3. The second kappa shape index (κ2) is 12.6. The van der Waals surface area contributed by atoms with Gasteiger partial charge in [0.25, 0.3) is 0 Å². The predicted octanol–water partition coefficient (Wildman–Crippen LogP) is 8.79. The van der Waals surface area contributed by atoms with Crippen LogP contribution in [0.1, 0.15) is 44.6 Å². The Morgan fingerprint density at radius 2 is 1.51 bits per heavy atom. The van der Waals surface area contributed by atoms with Crippen molar-refractivity contribution in [1.29, 1.82) is 0 Å². The van der Waals surface area contributed by atoms with E-state index in [9.17, 15) is 22.0 Å². The zero-order chi connectivity index (χ0) is 27.1. The molecule has 37 heavy (non-hydrogen) atoms. The molecule has 0 unspecified atom stereocenters. The summed E-state index contributed by atoms with van der Waals surface area (Å²) < 4.78 is 72.5. The van der Waals surface area contributed by atoms with E-state index < -0.39 is 32.3 Å². The van der Waals surface area contributed by atoms with Crippen molar-refractivity contribution < 1.29 is 26.7 Å². The van der Waals surface area contributed by atoms with Gasteiger partial charge >= 0.3 is 6.18 Å². The quantitative estimate of drug-likeness (QED) is 0.132. The number of nitrogens with zero attached hydrogens (tertiary/aromatic N) is 2. The number of hydrogen-bond acceptors (Lipinski definition) is 3. The first kappa shape index (κ1) is 28.8. The molecule has 3 nitrogen and oxygen atoms in total. The number of aromatic nitrogens is 2. The van der Waals surface area contributed by atoms with E-state index in [2.05, 4.69) is 16.9 Å². The zero-order valence-corrected chi connectivity index (χ0v) is 22.5. The lowest BCUT2D eigenvalue weighted by atomic mass is 10.1. The third-order valence-electron chi connectivity index (χ3n) is 6.25. The lowest BCUT2D eigenvalue weighted by Gasteiger charge is -2.23. The molecule has 2 aromatic carbocycles. The van der Waals surface area contributed by atoms with E-state index in [1.54, 1.807) is 0 Å². The van der Waals surface area contributed by atoms with Gasteiger partial charge in [-0.15, -0.1) is 0 Å². The van der Waals surface area contributed by atoms with Crippen molar-refractivity contribution in [1.82, 2.24) is 9.97 Å². The van der Waals surface area contributed by atoms with E-state index in [4.69, 9.17) is 4.74 Å². The monoisotopic (exact) mass is 536 g/mol. The highest BCUT2D eigenvalue weighted by Gasteiger charge is 2.32. The van der Waals surface area contributed by atoms with Gasteiger partial charge in [0.05, 0.1) is 14.7 Å². The second-order valence-corrected chi connectivity index (χ2v) is 15.3. The highest BCUT2D eigenvalue weighted by atomic mass is 28.3. The lowest BCUT2D eigenvalue weighted by Crippen LogP contribution is -2.31. The van der Waals surface area contributed by atoms with Crippen molar-refractivity contribution in [3.63, 3.8) is 0 Å². The summed E-state index contributed by atoms with van der Waals surface area (Å²) in [6.07, 6.45) is 1.92. The average molecular weight is 537 g/mol. The normalized spacial score (nSPS) is 12.1. The largest absolute Gasteiger partial charge is 0.490 e.